The molecule has 9 nitrogen and oxygen atoms in total. The van der Waals surface area contributed by atoms with Crippen molar-refractivity contribution in [3.8, 4) is 11.1 Å². The highest BCUT2D eigenvalue weighted by molar-refractivity contribution is 7.89. The van der Waals surface area contributed by atoms with E-state index in [1.165, 1.54) is 10.6 Å². The number of carbonyl (C=O) groups is 2. The zero-order valence-corrected chi connectivity index (χ0v) is 24.3. The third-order valence-corrected chi connectivity index (χ3v) is 9.01. The molecule has 1 N–H and O–H groups in total. The van der Waals surface area contributed by atoms with Gasteiger partial charge in [-0.25, -0.2) is 17.2 Å². The quantitative estimate of drug-likeness (QED) is 0.284. The molecule has 0 fully saturated rings. The van der Waals surface area contributed by atoms with Crippen LogP contribution >= 0.6 is 0 Å². The number of aromatic nitrogens is 2. The van der Waals surface area contributed by atoms with Gasteiger partial charge in [-0.15, -0.1) is 0 Å². The van der Waals surface area contributed by atoms with Crippen LogP contribution in [0.2, 0.25) is 0 Å². The van der Waals surface area contributed by atoms with Crippen molar-refractivity contribution < 1.29 is 26.8 Å². The lowest BCUT2D eigenvalue weighted by molar-refractivity contribution is 0.0645. The fourth-order valence-corrected chi connectivity index (χ4v) is 7.08. The Labute approximate surface area is 249 Å². The van der Waals surface area contributed by atoms with E-state index < -0.39 is 39.3 Å². The predicted molar refractivity (Wildman–Crippen MR) is 161 cm³/mol. The lowest BCUT2D eigenvalue weighted by Crippen LogP contribution is -2.39. The molecular formula is C32H24F2N4O5S. The average molecular weight is 615 g/mol. The van der Waals surface area contributed by atoms with Crippen molar-refractivity contribution in [1.82, 2.24) is 14.5 Å². The van der Waals surface area contributed by atoms with E-state index in [2.05, 4.69) is 4.98 Å². The van der Waals surface area contributed by atoms with Crippen molar-refractivity contribution in [3.05, 3.63) is 117 Å². The first-order valence-electron chi connectivity index (χ1n) is 13.6. The molecule has 1 atom stereocenters. The minimum absolute atomic E-state index is 0.0426. The number of aryl methyl sites for hydroxylation is 1. The van der Waals surface area contributed by atoms with Crippen molar-refractivity contribution in [1.29, 1.82) is 0 Å². The molecule has 2 aliphatic heterocycles. The van der Waals surface area contributed by atoms with Gasteiger partial charge in [-0.2, -0.15) is 0 Å². The zero-order valence-electron chi connectivity index (χ0n) is 23.5. The van der Waals surface area contributed by atoms with Crippen LogP contribution < -0.4 is 10.5 Å². The van der Waals surface area contributed by atoms with Crippen LogP contribution in [0.4, 0.5) is 20.2 Å². The summed E-state index contributed by atoms with van der Waals surface area (Å²) in [6, 6.07) is 13.5. The topological polar surface area (TPSA) is 113 Å². The Balaban J connectivity index is 1.53. The molecule has 0 saturated heterocycles. The van der Waals surface area contributed by atoms with Gasteiger partial charge in [0.25, 0.3) is 17.4 Å². The van der Waals surface area contributed by atoms with E-state index in [1.807, 2.05) is 0 Å². The number of H-pyrrole nitrogens is 1. The van der Waals surface area contributed by atoms with E-state index in [1.54, 1.807) is 66.8 Å². The van der Waals surface area contributed by atoms with Crippen LogP contribution in [0.15, 0.2) is 77.9 Å². The van der Waals surface area contributed by atoms with E-state index >= 15 is 4.39 Å². The fourth-order valence-electron chi connectivity index (χ4n) is 6.30. The first-order valence-corrected chi connectivity index (χ1v) is 15.7. The fraction of sp³-hybridized carbons (Fsp3) is 0.156. The minimum atomic E-state index is -3.43. The molecule has 7 rings (SSSR count). The van der Waals surface area contributed by atoms with Crippen LogP contribution in [0.1, 0.15) is 37.9 Å². The molecule has 2 amide bonds. The van der Waals surface area contributed by atoms with Crippen molar-refractivity contribution in [2.75, 3.05) is 17.7 Å². The second-order valence-corrected chi connectivity index (χ2v) is 13.3. The van der Waals surface area contributed by atoms with E-state index in [9.17, 15) is 27.2 Å². The highest BCUT2D eigenvalue weighted by atomic mass is 32.2. The molecule has 0 saturated carbocycles. The van der Waals surface area contributed by atoms with E-state index in [4.69, 9.17) is 0 Å². The highest BCUT2D eigenvalue weighted by Crippen LogP contribution is 2.49. The minimum Gasteiger partial charge on any atom is -0.356 e. The largest absolute Gasteiger partial charge is 0.356 e. The molecule has 0 spiro atoms. The summed E-state index contributed by atoms with van der Waals surface area (Å²) in [5.74, 6) is -2.99. The van der Waals surface area contributed by atoms with Gasteiger partial charge in [-0.05, 0) is 42.0 Å². The maximum Gasteiger partial charge on any atom is 0.274 e. The van der Waals surface area contributed by atoms with Crippen LogP contribution in [0, 0.1) is 11.6 Å². The van der Waals surface area contributed by atoms with Crippen LogP contribution in [-0.4, -0.2) is 47.5 Å². The number of fused-ring (bicyclic) bond motifs is 3. The number of nitrogens with one attached hydrogen (secondary N) is 1. The molecule has 4 heterocycles. The number of nitrogens with zero attached hydrogens (tertiary/aromatic N) is 3. The molecule has 222 valence electrons. The number of anilines is 2. The number of imide groups is 1. The van der Waals surface area contributed by atoms with Gasteiger partial charge >= 0.3 is 0 Å². The lowest BCUT2D eigenvalue weighted by Gasteiger charge is -2.35. The zero-order chi connectivity index (χ0) is 31.1. The first kappa shape index (κ1) is 27.7. The van der Waals surface area contributed by atoms with Gasteiger partial charge < -0.3 is 14.5 Å². The second-order valence-electron chi connectivity index (χ2n) is 11.1. The number of pyridine rings is 1. The van der Waals surface area contributed by atoms with Gasteiger partial charge in [0.15, 0.2) is 9.84 Å². The van der Waals surface area contributed by atoms with Crippen LogP contribution in [0.25, 0.3) is 22.0 Å². The Morgan fingerprint density at radius 1 is 0.864 bits per heavy atom. The molecule has 0 bridgehead atoms. The number of carbonyl (C=O) groups excluding carboxylic acids is 2. The van der Waals surface area contributed by atoms with E-state index in [0.717, 1.165) is 23.3 Å². The molecule has 0 radical (unpaired) electrons. The number of aromatic amines is 1. The third kappa shape index (κ3) is 4.24. The summed E-state index contributed by atoms with van der Waals surface area (Å²) < 4.78 is 55.7. The monoisotopic (exact) mass is 614 g/mol. The number of rotatable bonds is 5. The SMILES string of the molecule is Cn1cc2c3c(c[nH]c3c1=O)[C@@H](CN1C(=O)c3ccccc3C1=O)N(c1ccc(F)cc1F)c1ccc(CS(C)(=O)=O)cc1-2. The molecule has 0 unspecified atom stereocenters. The summed E-state index contributed by atoms with van der Waals surface area (Å²) in [6.45, 7) is -0.241. The van der Waals surface area contributed by atoms with Gasteiger partial charge in [0.1, 0.15) is 17.2 Å². The summed E-state index contributed by atoms with van der Waals surface area (Å²) in [5.41, 5.74) is 2.75. The molecule has 5 aromatic rings. The smallest absolute Gasteiger partial charge is 0.274 e. The van der Waals surface area contributed by atoms with Crippen LogP contribution in [0.5, 0.6) is 0 Å². The standard InChI is InChI=1S/C32H24F2N4O5S/c1-36-14-23-21-11-17(16-44(2,42)43)7-9-25(21)38(26-10-8-18(33)12-24(26)34)27(22-13-35-29(28(22)23)32(36)41)15-37-30(39)19-5-3-4-6-20(19)31(37)40/h3-14,27,35H,15-16H2,1-2H3/t27-/m1/s1. The van der Waals surface area contributed by atoms with Crippen molar-refractivity contribution in [2.24, 2.45) is 7.05 Å². The first-order chi connectivity index (χ1) is 20.9. The molecule has 2 aliphatic rings. The molecule has 2 aromatic heterocycles. The number of sulfone groups is 1. The Hall–Kier alpha value is -5.10. The maximum atomic E-state index is 15.7. The summed E-state index contributed by atoms with van der Waals surface area (Å²) in [6.07, 6.45) is 4.33. The Kier molecular flexibility index (Phi) is 6.12. The molecule has 3 aromatic carbocycles. The van der Waals surface area contributed by atoms with Gasteiger partial charge in [-0.1, -0.05) is 18.2 Å². The Bertz CT molecular complexity index is 2210. The van der Waals surface area contributed by atoms with Crippen LogP contribution in [-0.2, 0) is 22.6 Å². The van der Waals surface area contributed by atoms with Crippen LogP contribution in [0.3, 0.4) is 0 Å². The van der Waals surface area contributed by atoms with Crippen molar-refractivity contribution in [3.63, 3.8) is 0 Å². The molecular weight excluding hydrogens is 590 g/mol. The van der Waals surface area contributed by atoms with E-state index in [-0.39, 0.29) is 40.2 Å². The number of amides is 2. The molecule has 44 heavy (non-hydrogen) atoms. The Morgan fingerprint density at radius 3 is 2.20 bits per heavy atom. The lowest BCUT2D eigenvalue weighted by atomic mass is 9.98. The maximum absolute atomic E-state index is 15.7. The van der Waals surface area contributed by atoms with Crippen molar-refractivity contribution in [2.45, 2.75) is 11.8 Å². The highest BCUT2D eigenvalue weighted by Gasteiger charge is 2.41. The molecule has 0 aliphatic carbocycles. The average Bonchev–Trinajstić information content (AvgIpc) is 3.48. The summed E-state index contributed by atoms with van der Waals surface area (Å²) in [5, 5.41) is 0.484. The second kappa shape index (κ2) is 9.71. The number of hydrogen-bond donors (Lipinski definition) is 1. The Morgan fingerprint density at radius 2 is 1.55 bits per heavy atom. The van der Waals surface area contributed by atoms with Gasteiger partial charge in [-0.3, -0.25) is 19.3 Å². The number of benzene rings is 3. The van der Waals surface area contributed by atoms with Gasteiger partial charge in [0.2, 0.25) is 0 Å². The summed E-state index contributed by atoms with van der Waals surface area (Å²) in [4.78, 5) is 46.0. The summed E-state index contributed by atoms with van der Waals surface area (Å²) in [7, 11) is -1.85. The van der Waals surface area contributed by atoms with Crippen molar-refractivity contribution >= 4 is 43.9 Å². The molecule has 12 heteroatoms. The predicted octanol–water partition coefficient (Wildman–Crippen LogP) is 4.85. The number of halogens is 2. The van der Waals surface area contributed by atoms with Gasteiger partial charge in [0, 0.05) is 59.5 Å². The normalized spacial score (nSPS) is 16.0. The van der Waals surface area contributed by atoms with Gasteiger partial charge in [0.05, 0.1) is 35.2 Å². The number of hydrogen-bond acceptors (Lipinski definition) is 6. The third-order valence-electron chi connectivity index (χ3n) is 8.15. The van der Waals surface area contributed by atoms with E-state index in [0.29, 0.717) is 33.3 Å². The summed E-state index contributed by atoms with van der Waals surface area (Å²) >= 11 is 0.